The van der Waals surface area contributed by atoms with Crippen LogP contribution in [0.2, 0.25) is 5.02 Å². The predicted octanol–water partition coefficient (Wildman–Crippen LogP) is 4.70. The van der Waals surface area contributed by atoms with Crippen LogP contribution in [-0.4, -0.2) is 12.1 Å². The van der Waals surface area contributed by atoms with E-state index in [2.05, 4.69) is 10.3 Å². The minimum absolute atomic E-state index is 0.696. The lowest BCUT2D eigenvalue weighted by Gasteiger charge is -2.07. The van der Waals surface area contributed by atoms with Crippen molar-refractivity contribution in [1.82, 2.24) is 4.98 Å². The van der Waals surface area contributed by atoms with Crippen LogP contribution in [0.3, 0.4) is 0 Å². The predicted molar refractivity (Wildman–Crippen MR) is 80.9 cm³/mol. The molecule has 1 heterocycles. The molecule has 0 amide bonds. The summed E-state index contributed by atoms with van der Waals surface area (Å²) >= 11 is 7.54. The van der Waals surface area contributed by atoms with E-state index < -0.39 is 0 Å². The molecular formula is C14H11ClN2OS. The molecule has 0 spiro atoms. The second-order valence-corrected chi connectivity index (χ2v) is 5.42. The molecular weight excluding hydrogens is 280 g/mol. The first kappa shape index (κ1) is 12.3. The average molecular weight is 291 g/mol. The van der Waals surface area contributed by atoms with Crippen LogP contribution in [0.5, 0.6) is 5.75 Å². The number of para-hydroxylation sites is 2. The maximum absolute atomic E-state index is 5.96. The maximum atomic E-state index is 5.96. The van der Waals surface area contributed by atoms with Gasteiger partial charge < -0.3 is 10.1 Å². The summed E-state index contributed by atoms with van der Waals surface area (Å²) in [4.78, 5) is 4.51. The van der Waals surface area contributed by atoms with Crippen LogP contribution in [0.1, 0.15) is 0 Å². The number of benzene rings is 2. The van der Waals surface area contributed by atoms with Crippen molar-refractivity contribution in [3.8, 4) is 5.75 Å². The molecule has 0 bridgehead atoms. The van der Waals surface area contributed by atoms with Gasteiger partial charge in [-0.25, -0.2) is 4.98 Å². The zero-order valence-corrected chi connectivity index (χ0v) is 11.8. The highest BCUT2D eigenvalue weighted by Crippen LogP contribution is 2.32. The fourth-order valence-electron chi connectivity index (χ4n) is 1.82. The van der Waals surface area contributed by atoms with E-state index in [-0.39, 0.29) is 0 Å². The first-order valence-electron chi connectivity index (χ1n) is 5.72. The molecule has 3 rings (SSSR count). The van der Waals surface area contributed by atoms with Gasteiger partial charge in [0.1, 0.15) is 5.75 Å². The number of hydrogen-bond acceptors (Lipinski definition) is 4. The quantitative estimate of drug-likeness (QED) is 0.759. The number of nitrogens with zero attached hydrogens (tertiary/aromatic N) is 1. The summed E-state index contributed by atoms with van der Waals surface area (Å²) in [6.07, 6.45) is 0. The number of rotatable bonds is 3. The van der Waals surface area contributed by atoms with Gasteiger partial charge in [-0.2, -0.15) is 0 Å². The number of methoxy groups -OCH3 is 1. The number of aromatic nitrogens is 1. The summed E-state index contributed by atoms with van der Waals surface area (Å²) in [5.74, 6) is 0.791. The van der Waals surface area contributed by atoms with E-state index >= 15 is 0 Å². The van der Waals surface area contributed by atoms with Crippen molar-refractivity contribution in [3.05, 3.63) is 47.5 Å². The molecule has 0 aliphatic rings. The van der Waals surface area contributed by atoms with E-state index in [1.807, 2.05) is 42.5 Å². The number of fused-ring (bicyclic) bond motifs is 1. The van der Waals surface area contributed by atoms with Gasteiger partial charge in [-0.3, -0.25) is 0 Å². The van der Waals surface area contributed by atoms with Crippen molar-refractivity contribution < 1.29 is 4.74 Å². The third-order valence-electron chi connectivity index (χ3n) is 2.70. The van der Waals surface area contributed by atoms with Gasteiger partial charge in [0.2, 0.25) is 0 Å². The van der Waals surface area contributed by atoms with E-state index in [1.54, 1.807) is 18.4 Å². The van der Waals surface area contributed by atoms with E-state index in [0.29, 0.717) is 5.02 Å². The van der Waals surface area contributed by atoms with Crippen molar-refractivity contribution in [2.24, 2.45) is 0 Å². The molecule has 5 heteroatoms. The molecule has 19 heavy (non-hydrogen) atoms. The van der Waals surface area contributed by atoms with Crippen molar-refractivity contribution in [2.75, 3.05) is 12.4 Å². The Morgan fingerprint density at radius 2 is 2.05 bits per heavy atom. The molecule has 2 aromatic carbocycles. The third-order valence-corrected chi connectivity index (χ3v) is 3.89. The summed E-state index contributed by atoms with van der Waals surface area (Å²) in [6.45, 7) is 0. The number of anilines is 2. The van der Waals surface area contributed by atoms with Crippen LogP contribution in [0.4, 0.5) is 10.8 Å². The van der Waals surface area contributed by atoms with Crippen molar-refractivity contribution >= 4 is 44.0 Å². The molecule has 3 aromatic rings. The van der Waals surface area contributed by atoms with Crippen LogP contribution < -0.4 is 10.1 Å². The fourth-order valence-corrected chi connectivity index (χ4v) is 2.84. The van der Waals surface area contributed by atoms with Crippen molar-refractivity contribution in [1.29, 1.82) is 0 Å². The lowest BCUT2D eigenvalue weighted by atomic mass is 10.3. The molecule has 1 aromatic heterocycles. The fraction of sp³-hybridized carbons (Fsp3) is 0.0714. The normalized spacial score (nSPS) is 10.6. The summed E-state index contributed by atoms with van der Waals surface area (Å²) < 4.78 is 6.40. The largest absolute Gasteiger partial charge is 0.495 e. The van der Waals surface area contributed by atoms with Crippen molar-refractivity contribution in [2.45, 2.75) is 0 Å². The Balaban J connectivity index is 1.96. The van der Waals surface area contributed by atoms with Crippen molar-refractivity contribution in [3.63, 3.8) is 0 Å². The summed E-state index contributed by atoms with van der Waals surface area (Å²) in [7, 11) is 1.65. The van der Waals surface area contributed by atoms with Gasteiger partial charge in [0.15, 0.2) is 5.13 Å². The zero-order valence-electron chi connectivity index (χ0n) is 10.2. The van der Waals surface area contributed by atoms with Gasteiger partial charge in [-0.1, -0.05) is 35.1 Å². The Bertz CT molecular complexity index is 726. The van der Waals surface area contributed by atoms with Gasteiger partial charge in [0, 0.05) is 5.02 Å². The molecule has 0 saturated carbocycles. The SMILES string of the molecule is COc1ccccc1Nc1nc2cc(Cl)ccc2s1. The number of hydrogen-bond donors (Lipinski definition) is 1. The highest BCUT2D eigenvalue weighted by atomic mass is 35.5. The Labute approximate surface area is 119 Å². The molecule has 0 fully saturated rings. The number of nitrogens with one attached hydrogen (secondary N) is 1. The van der Waals surface area contributed by atoms with E-state index in [4.69, 9.17) is 16.3 Å². The average Bonchev–Trinajstić information content (AvgIpc) is 2.80. The second kappa shape index (κ2) is 5.07. The molecule has 0 atom stereocenters. The Morgan fingerprint density at radius 3 is 2.89 bits per heavy atom. The minimum Gasteiger partial charge on any atom is -0.495 e. The highest BCUT2D eigenvalue weighted by Gasteiger charge is 2.07. The highest BCUT2D eigenvalue weighted by molar-refractivity contribution is 7.22. The van der Waals surface area contributed by atoms with Gasteiger partial charge in [0.05, 0.1) is 23.0 Å². The zero-order chi connectivity index (χ0) is 13.2. The molecule has 0 radical (unpaired) electrons. The van der Waals surface area contributed by atoms with E-state index in [9.17, 15) is 0 Å². The van der Waals surface area contributed by atoms with Crippen LogP contribution in [0, 0.1) is 0 Å². The second-order valence-electron chi connectivity index (χ2n) is 3.96. The first-order valence-corrected chi connectivity index (χ1v) is 6.92. The number of ether oxygens (including phenoxy) is 1. The van der Waals surface area contributed by atoms with Gasteiger partial charge in [-0.05, 0) is 30.3 Å². The summed E-state index contributed by atoms with van der Waals surface area (Å²) in [6, 6.07) is 13.5. The molecule has 0 aliphatic heterocycles. The monoisotopic (exact) mass is 290 g/mol. The molecule has 0 unspecified atom stereocenters. The van der Waals surface area contributed by atoms with Gasteiger partial charge in [0.25, 0.3) is 0 Å². The number of halogens is 1. The van der Waals surface area contributed by atoms with Crippen LogP contribution in [0.25, 0.3) is 10.2 Å². The van der Waals surface area contributed by atoms with E-state index in [0.717, 1.165) is 26.8 Å². The minimum atomic E-state index is 0.696. The third kappa shape index (κ3) is 2.50. The Morgan fingerprint density at radius 1 is 1.21 bits per heavy atom. The molecule has 3 nitrogen and oxygen atoms in total. The number of thiazole rings is 1. The maximum Gasteiger partial charge on any atom is 0.188 e. The Hall–Kier alpha value is -1.78. The lowest BCUT2D eigenvalue weighted by Crippen LogP contribution is -1.93. The van der Waals surface area contributed by atoms with Crippen LogP contribution in [-0.2, 0) is 0 Å². The summed E-state index contributed by atoms with van der Waals surface area (Å²) in [5.41, 5.74) is 1.80. The molecule has 1 N–H and O–H groups in total. The molecule has 96 valence electrons. The van der Waals surface area contributed by atoms with Crippen LogP contribution >= 0.6 is 22.9 Å². The molecule has 0 aliphatic carbocycles. The van der Waals surface area contributed by atoms with E-state index in [1.165, 1.54) is 0 Å². The lowest BCUT2D eigenvalue weighted by molar-refractivity contribution is 0.417. The van der Waals surface area contributed by atoms with Gasteiger partial charge >= 0.3 is 0 Å². The summed E-state index contributed by atoms with van der Waals surface area (Å²) in [5, 5.41) is 4.79. The molecule has 0 saturated heterocycles. The first-order chi connectivity index (χ1) is 9.26. The Kier molecular flexibility index (Phi) is 3.27. The standard InChI is InChI=1S/C14H11ClN2OS/c1-18-12-5-3-2-4-10(12)16-14-17-11-8-9(15)6-7-13(11)19-14/h2-8H,1H3,(H,16,17). The topological polar surface area (TPSA) is 34.1 Å². The van der Waals surface area contributed by atoms with Gasteiger partial charge in [-0.15, -0.1) is 0 Å². The van der Waals surface area contributed by atoms with Crippen LogP contribution in [0.15, 0.2) is 42.5 Å². The smallest absolute Gasteiger partial charge is 0.188 e.